The number of nitrogens with zero attached hydrogens (tertiary/aromatic N) is 1. The van der Waals surface area contributed by atoms with Gasteiger partial charge in [0.2, 0.25) is 5.91 Å². The lowest BCUT2D eigenvalue weighted by Gasteiger charge is -2.34. The van der Waals surface area contributed by atoms with Crippen molar-refractivity contribution in [3.8, 4) is 5.75 Å². The number of aliphatic hydroxyl groups is 1. The number of benzene rings is 1. The fourth-order valence-corrected chi connectivity index (χ4v) is 3.47. The zero-order chi connectivity index (χ0) is 16.4. The fourth-order valence-electron chi connectivity index (χ4n) is 3.47. The number of carbonyl (C=O) groups excluding carboxylic acids is 1. The highest BCUT2D eigenvalue weighted by atomic mass is 16.5. The molecule has 2 fully saturated rings. The minimum atomic E-state index is -0.395. The molecule has 2 N–H and O–H groups in total. The average Bonchev–Trinajstić information content (AvgIpc) is 2.97. The summed E-state index contributed by atoms with van der Waals surface area (Å²) in [6.45, 7) is 6.10. The number of carbonyl (C=O) groups is 1. The van der Waals surface area contributed by atoms with E-state index in [4.69, 9.17) is 4.74 Å². The van der Waals surface area contributed by atoms with Gasteiger partial charge in [-0.2, -0.15) is 0 Å². The molecule has 0 spiro atoms. The number of aliphatic hydroxyl groups excluding tert-OH is 1. The van der Waals surface area contributed by atoms with Crippen molar-refractivity contribution >= 4 is 5.91 Å². The number of hydrogen-bond donors (Lipinski definition) is 2. The molecule has 0 unspecified atom stereocenters. The molecule has 2 heterocycles. The molecule has 0 aliphatic carbocycles. The van der Waals surface area contributed by atoms with Gasteiger partial charge in [0, 0.05) is 32.5 Å². The molecule has 0 radical (unpaired) electrons. The summed E-state index contributed by atoms with van der Waals surface area (Å²) >= 11 is 0. The first-order chi connectivity index (χ1) is 11.0. The van der Waals surface area contributed by atoms with Crippen LogP contribution in [0.2, 0.25) is 0 Å². The lowest BCUT2D eigenvalue weighted by Crippen LogP contribution is -2.48. The topological polar surface area (TPSA) is 61.8 Å². The number of rotatable bonds is 3. The standard InChI is InChI=1S/C18H26N2O3/c1-12-4-3-5-13(2)17(12)23-15-6-8-20(9-7-15)18(22)16-10-14(21)11-19-16/h3-5,14-16,19,21H,6-11H2,1-2H3/t14-,16+/m0/s1. The molecule has 2 atom stereocenters. The molecule has 126 valence electrons. The van der Waals surface area contributed by atoms with Gasteiger partial charge in [0.15, 0.2) is 0 Å². The molecule has 5 nitrogen and oxygen atoms in total. The summed E-state index contributed by atoms with van der Waals surface area (Å²) < 4.78 is 6.19. The van der Waals surface area contributed by atoms with Crippen LogP contribution in [-0.4, -0.2) is 53.8 Å². The number of amides is 1. The zero-order valence-electron chi connectivity index (χ0n) is 13.9. The van der Waals surface area contributed by atoms with Crippen LogP contribution in [0.15, 0.2) is 18.2 Å². The maximum Gasteiger partial charge on any atom is 0.239 e. The van der Waals surface area contributed by atoms with Crippen LogP contribution in [0.3, 0.4) is 0 Å². The van der Waals surface area contributed by atoms with Crippen molar-refractivity contribution in [3.63, 3.8) is 0 Å². The van der Waals surface area contributed by atoms with Gasteiger partial charge >= 0.3 is 0 Å². The van der Waals surface area contributed by atoms with Gasteiger partial charge in [0.25, 0.3) is 0 Å². The number of likely N-dealkylation sites (tertiary alicyclic amines) is 1. The molecule has 1 amide bonds. The molecule has 3 rings (SSSR count). The molecule has 0 saturated carbocycles. The van der Waals surface area contributed by atoms with Gasteiger partial charge in [-0.05, 0) is 31.4 Å². The van der Waals surface area contributed by atoms with E-state index in [1.54, 1.807) is 0 Å². The predicted octanol–water partition coefficient (Wildman–Crippen LogP) is 1.40. The third-order valence-electron chi connectivity index (χ3n) is 4.85. The molecule has 0 aromatic heterocycles. The maximum atomic E-state index is 12.4. The number of ether oxygens (including phenoxy) is 1. The van der Waals surface area contributed by atoms with Gasteiger partial charge in [-0.3, -0.25) is 4.79 Å². The highest BCUT2D eigenvalue weighted by Gasteiger charge is 2.33. The number of aryl methyl sites for hydroxylation is 2. The SMILES string of the molecule is Cc1cccc(C)c1OC1CCN(C(=O)[C@H]2C[C@H](O)CN2)CC1. The second-order valence-corrected chi connectivity index (χ2v) is 6.71. The van der Waals surface area contributed by atoms with Crippen molar-refractivity contribution in [2.45, 2.75) is 51.4 Å². The minimum absolute atomic E-state index is 0.118. The maximum absolute atomic E-state index is 12.4. The van der Waals surface area contributed by atoms with Crippen molar-refractivity contribution in [1.29, 1.82) is 0 Å². The Morgan fingerprint density at radius 1 is 1.26 bits per heavy atom. The largest absolute Gasteiger partial charge is 0.490 e. The average molecular weight is 318 g/mol. The van der Waals surface area contributed by atoms with Gasteiger partial charge in [-0.25, -0.2) is 0 Å². The summed E-state index contributed by atoms with van der Waals surface area (Å²) in [4.78, 5) is 14.3. The van der Waals surface area contributed by atoms with Crippen molar-refractivity contribution in [1.82, 2.24) is 10.2 Å². The molecule has 2 saturated heterocycles. The van der Waals surface area contributed by atoms with Crippen molar-refractivity contribution in [2.75, 3.05) is 19.6 Å². The van der Waals surface area contributed by atoms with Crippen LogP contribution in [-0.2, 0) is 4.79 Å². The van der Waals surface area contributed by atoms with Gasteiger partial charge in [-0.15, -0.1) is 0 Å². The minimum Gasteiger partial charge on any atom is -0.490 e. The van der Waals surface area contributed by atoms with Crippen LogP contribution in [0.25, 0.3) is 0 Å². The van der Waals surface area contributed by atoms with Gasteiger partial charge in [-0.1, -0.05) is 18.2 Å². The highest BCUT2D eigenvalue weighted by Crippen LogP contribution is 2.26. The van der Waals surface area contributed by atoms with Crippen LogP contribution in [0, 0.1) is 13.8 Å². The van der Waals surface area contributed by atoms with E-state index in [-0.39, 0.29) is 18.1 Å². The summed E-state index contributed by atoms with van der Waals surface area (Å²) in [6.07, 6.45) is 2.01. The van der Waals surface area contributed by atoms with E-state index < -0.39 is 6.10 Å². The number of piperidine rings is 1. The lowest BCUT2D eigenvalue weighted by molar-refractivity contribution is -0.135. The Bertz CT molecular complexity index is 547. The van der Waals surface area contributed by atoms with Crippen LogP contribution in [0.1, 0.15) is 30.4 Å². The fraction of sp³-hybridized carbons (Fsp3) is 0.611. The summed E-state index contributed by atoms with van der Waals surface area (Å²) in [7, 11) is 0. The summed E-state index contributed by atoms with van der Waals surface area (Å²) in [5.41, 5.74) is 2.32. The molecule has 1 aromatic carbocycles. The first-order valence-corrected chi connectivity index (χ1v) is 8.47. The molecular formula is C18H26N2O3. The van der Waals surface area contributed by atoms with E-state index in [9.17, 15) is 9.90 Å². The third-order valence-corrected chi connectivity index (χ3v) is 4.85. The Balaban J connectivity index is 1.53. The van der Waals surface area contributed by atoms with Gasteiger partial charge < -0.3 is 20.1 Å². The summed E-state index contributed by atoms with van der Waals surface area (Å²) in [5.74, 6) is 1.10. The quantitative estimate of drug-likeness (QED) is 0.884. The second kappa shape index (κ2) is 6.89. The Morgan fingerprint density at radius 3 is 2.48 bits per heavy atom. The van der Waals surface area contributed by atoms with Crippen LogP contribution in [0.5, 0.6) is 5.75 Å². The van der Waals surface area contributed by atoms with Crippen LogP contribution < -0.4 is 10.1 Å². The smallest absolute Gasteiger partial charge is 0.239 e. The Kier molecular flexibility index (Phi) is 4.87. The third kappa shape index (κ3) is 3.67. The number of hydrogen-bond acceptors (Lipinski definition) is 4. The van der Waals surface area contributed by atoms with Crippen molar-refractivity contribution < 1.29 is 14.6 Å². The molecular weight excluding hydrogens is 292 g/mol. The van der Waals surface area contributed by atoms with Gasteiger partial charge in [0.05, 0.1) is 12.1 Å². The first-order valence-electron chi connectivity index (χ1n) is 8.47. The first kappa shape index (κ1) is 16.3. The number of β-amino-alcohol motifs (C(OH)–C–C–N with tert-alkyl or cyclic N) is 1. The van der Waals surface area contributed by atoms with Crippen molar-refractivity contribution in [3.05, 3.63) is 29.3 Å². The number of para-hydroxylation sites is 1. The van der Waals surface area contributed by atoms with Gasteiger partial charge in [0.1, 0.15) is 11.9 Å². The lowest BCUT2D eigenvalue weighted by atomic mass is 10.0. The second-order valence-electron chi connectivity index (χ2n) is 6.71. The Morgan fingerprint density at radius 2 is 1.91 bits per heavy atom. The van der Waals surface area contributed by atoms with E-state index in [1.807, 2.05) is 11.0 Å². The highest BCUT2D eigenvalue weighted by molar-refractivity contribution is 5.82. The number of nitrogens with one attached hydrogen (secondary N) is 1. The monoisotopic (exact) mass is 318 g/mol. The summed E-state index contributed by atoms with van der Waals surface area (Å²) in [5, 5.41) is 12.6. The van der Waals surface area contributed by atoms with E-state index in [2.05, 4.69) is 31.3 Å². The van der Waals surface area contributed by atoms with Crippen LogP contribution in [0.4, 0.5) is 0 Å². The summed E-state index contributed by atoms with van der Waals surface area (Å²) in [6, 6.07) is 5.96. The molecule has 0 bridgehead atoms. The molecule has 23 heavy (non-hydrogen) atoms. The molecule has 2 aliphatic heterocycles. The zero-order valence-corrected chi connectivity index (χ0v) is 13.9. The van der Waals surface area contributed by atoms with E-state index in [0.717, 1.165) is 42.8 Å². The van der Waals surface area contributed by atoms with Crippen LogP contribution >= 0.6 is 0 Å². The predicted molar refractivity (Wildman–Crippen MR) is 88.6 cm³/mol. The Hall–Kier alpha value is -1.59. The molecule has 1 aromatic rings. The molecule has 2 aliphatic rings. The normalized spacial score (nSPS) is 25.6. The van der Waals surface area contributed by atoms with Crippen molar-refractivity contribution in [2.24, 2.45) is 0 Å². The van der Waals surface area contributed by atoms with E-state index in [0.29, 0.717) is 13.0 Å². The van der Waals surface area contributed by atoms with E-state index in [1.165, 1.54) is 0 Å². The molecule has 5 heteroatoms. The van der Waals surface area contributed by atoms with E-state index >= 15 is 0 Å². The Labute approximate surface area is 137 Å².